The molecule has 2 atom stereocenters. The number of rotatable bonds is 10. The van der Waals surface area contributed by atoms with Crippen LogP contribution in [0.15, 0.2) is 0 Å². The Morgan fingerprint density at radius 1 is 1.26 bits per heavy atom. The fourth-order valence-corrected chi connectivity index (χ4v) is 3.41. The van der Waals surface area contributed by atoms with Gasteiger partial charge in [-0.2, -0.15) is 0 Å². The zero-order valence-electron chi connectivity index (χ0n) is 13.1. The number of unbranched alkanes of at least 4 members (excludes halogenated alkanes) is 1. The quantitative estimate of drug-likeness (QED) is 0.578. The molecule has 19 heavy (non-hydrogen) atoms. The molecular formula is C17H32O2. The van der Waals surface area contributed by atoms with Gasteiger partial charge in [0.05, 0.1) is 6.61 Å². The molecule has 0 bridgehead atoms. The zero-order valence-corrected chi connectivity index (χ0v) is 13.1. The van der Waals surface area contributed by atoms with Crippen molar-refractivity contribution in [2.45, 2.75) is 71.6 Å². The summed E-state index contributed by atoms with van der Waals surface area (Å²) in [5.74, 6) is 1.82. The summed E-state index contributed by atoms with van der Waals surface area (Å²) in [6.07, 6.45) is 10.7. The largest absolute Gasteiger partial charge is 0.384 e. The van der Waals surface area contributed by atoms with Crippen molar-refractivity contribution in [3.8, 4) is 0 Å². The van der Waals surface area contributed by atoms with E-state index in [2.05, 4.69) is 13.8 Å². The molecule has 2 nitrogen and oxygen atoms in total. The molecule has 0 saturated heterocycles. The van der Waals surface area contributed by atoms with E-state index in [9.17, 15) is 4.79 Å². The maximum atomic E-state index is 12.6. The molecule has 1 aliphatic rings. The highest BCUT2D eigenvalue weighted by Crippen LogP contribution is 2.33. The second-order valence-corrected chi connectivity index (χ2v) is 6.19. The second-order valence-electron chi connectivity index (χ2n) is 6.19. The lowest BCUT2D eigenvalue weighted by Crippen LogP contribution is -2.28. The smallest absolute Gasteiger partial charge is 0.138 e. The summed E-state index contributed by atoms with van der Waals surface area (Å²) in [7, 11) is 1.73. The Hall–Kier alpha value is -0.370. The molecule has 1 saturated carbocycles. The molecule has 112 valence electrons. The predicted octanol–water partition coefficient (Wildman–Crippen LogP) is 4.61. The van der Waals surface area contributed by atoms with Crippen molar-refractivity contribution in [3.63, 3.8) is 0 Å². The summed E-state index contributed by atoms with van der Waals surface area (Å²) in [6.45, 7) is 5.07. The zero-order chi connectivity index (χ0) is 14.1. The van der Waals surface area contributed by atoms with Crippen LogP contribution in [0.25, 0.3) is 0 Å². The lowest BCUT2D eigenvalue weighted by Gasteiger charge is -2.23. The Morgan fingerprint density at radius 3 is 2.47 bits per heavy atom. The monoisotopic (exact) mass is 268 g/mol. The Morgan fingerprint density at radius 2 is 1.95 bits per heavy atom. The van der Waals surface area contributed by atoms with Gasteiger partial charge in [-0.05, 0) is 24.7 Å². The molecule has 0 aromatic carbocycles. The normalized spacial score (nSPS) is 19.5. The summed E-state index contributed by atoms with van der Waals surface area (Å²) >= 11 is 0. The average Bonchev–Trinajstić information content (AvgIpc) is 2.94. The maximum absolute atomic E-state index is 12.6. The van der Waals surface area contributed by atoms with Crippen LogP contribution in [0.3, 0.4) is 0 Å². The average molecular weight is 268 g/mol. The van der Waals surface area contributed by atoms with E-state index in [0.717, 1.165) is 12.8 Å². The Kier molecular flexibility index (Phi) is 8.36. The molecule has 2 unspecified atom stereocenters. The van der Waals surface area contributed by atoms with Crippen LogP contribution in [0.1, 0.15) is 71.6 Å². The minimum absolute atomic E-state index is 0.170. The summed E-state index contributed by atoms with van der Waals surface area (Å²) in [5.41, 5.74) is 0. The van der Waals surface area contributed by atoms with Gasteiger partial charge in [0, 0.05) is 19.4 Å². The Labute approximate surface area is 119 Å². The summed E-state index contributed by atoms with van der Waals surface area (Å²) in [6, 6.07) is 0. The van der Waals surface area contributed by atoms with E-state index in [1.165, 1.54) is 44.9 Å². The van der Waals surface area contributed by atoms with E-state index in [0.29, 0.717) is 24.2 Å². The van der Waals surface area contributed by atoms with Crippen molar-refractivity contribution in [3.05, 3.63) is 0 Å². The van der Waals surface area contributed by atoms with Crippen LogP contribution in [-0.4, -0.2) is 19.5 Å². The first-order chi connectivity index (χ1) is 9.22. The van der Waals surface area contributed by atoms with Crippen molar-refractivity contribution >= 4 is 5.78 Å². The summed E-state index contributed by atoms with van der Waals surface area (Å²) in [5, 5.41) is 0. The van der Waals surface area contributed by atoms with Crippen molar-refractivity contribution < 1.29 is 9.53 Å². The van der Waals surface area contributed by atoms with Crippen LogP contribution in [0.4, 0.5) is 0 Å². The van der Waals surface area contributed by atoms with Crippen LogP contribution in [0.2, 0.25) is 0 Å². The van der Waals surface area contributed by atoms with Gasteiger partial charge in [0.2, 0.25) is 0 Å². The molecule has 1 aliphatic carbocycles. The van der Waals surface area contributed by atoms with Gasteiger partial charge in [-0.15, -0.1) is 0 Å². The fraction of sp³-hybridized carbons (Fsp3) is 0.941. The van der Waals surface area contributed by atoms with Crippen molar-refractivity contribution in [1.29, 1.82) is 0 Å². The van der Waals surface area contributed by atoms with E-state index < -0.39 is 0 Å². The molecule has 1 fully saturated rings. The third-order valence-corrected chi connectivity index (χ3v) is 4.76. The molecule has 0 amide bonds. The molecule has 0 aromatic heterocycles. The number of hydrogen-bond acceptors (Lipinski definition) is 2. The van der Waals surface area contributed by atoms with Gasteiger partial charge in [0.15, 0.2) is 0 Å². The number of Topliss-reactive ketones (excluding diaryl/α,β-unsaturated/α-hetero) is 1. The predicted molar refractivity (Wildman–Crippen MR) is 80.3 cm³/mol. The van der Waals surface area contributed by atoms with E-state index in [1.807, 2.05) is 0 Å². The number of carbonyl (C=O) groups excluding carboxylic acids is 1. The molecular weight excluding hydrogens is 236 g/mol. The van der Waals surface area contributed by atoms with Crippen LogP contribution in [0.5, 0.6) is 0 Å². The maximum Gasteiger partial charge on any atom is 0.138 e. The highest BCUT2D eigenvalue weighted by molar-refractivity contribution is 5.81. The van der Waals surface area contributed by atoms with Gasteiger partial charge in [0.25, 0.3) is 0 Å². The highest BCUT2D eigenvalue weighted by atomic mass is 16.5. The van der Waals surface area contributed by atoms with Crippen molar-refractivity contribution in [2.24, 2.45) is 17.8 Å². The van der Waals surface area contributed by atoms with E-state index in [-0.39, 0.29) is 5.92 Å². The third-order valence-electron chi connectivity index (χ3n) is 4.76. The molecule has 1 rings (SSSR count). The highest BCUT2D eigenvalue weighted by Gasteiger charge is 2.31. The van der Waals surface area contributed by atoms with Gasteiger partial charge in [-0.25, -0.2) is 0 Å². The van der Waals surface area contributed by atoms with Crippen LogP contribution >= 0.6 is 0 Å². The molecule has 0 spiro atoms. The van der Waals surface area contributed by atoms with Crippen molar-refractivity contribution in [1.82, 2.24) is 0 Å². The summed E-state index contributed by atoms with van der Waals surface area (Å²) < 4.78 is 5.31. The van der Waals surface area contributed by atoms with Gasteiger partial charge in [-0.3, -0.25) is 4.79 Å². The van der Waals surface area contributed by atoms with Crippen molar-refractivity contribution in [2.75, 3.05) is 13.7 Å². The fourth-order valence-electron chi connectivity index (χ4n) is 3.41. The van der Waals surface area contributed by atoms with Gasteiger partial charge in [0.1, 0.15) is 5.78 Å². The first-order valence-corrected chi connectivity index (χ1v) is 8.24. The molecule has 2 heteroatoms. The standard InChI is InChI=1S/C17H32O2/c1-4-6-9-14(5-2)12-17(18)16(13-19-3)15-10-7-8-11-15/h14-16H,4-13H2,1-3H3. The number of carbonyl (C=O) groups is 1. The van der Waals surface area contributed by atoms with Gasteiger partial charge in [-0.1, -0.05) is 52.4 Å². The lowest BCUT2D eigenvalue weighted by atomic mass is 9.82. The molecule has 0 radical (unpaired) electrons. The lowest BCUT2D eigenvalue weighted by molar-refractivity contribution is -0.127. The number of methoxy groups -OCH3 is 1. The molecule has 0 aliphatic heterocycles. The Bertz CT molecular complexity index is 244. The number of ketones is 1. The van der Waals surface area contributed by atoms with Gasteiger partial charge >= 0.3 is 0 Å². The van der Waals surface area contributed by atoms with E-state index in [1.54, 1.807) is 7.11 Å². The van der Waals surface area contributed by atoms with Crippen LogP contribution in [-0.2, 0) is 9.53 Å². The number of hydrogen-bond donors (Lipinski definition) is 0. The minimum atomic E-state index is 0.170. The van der Waals surface area contributed by atoms with E-state index >= 15 is 0 Å². The van der Waals surface area contributed by atoms with Gasteiger partial charge < -0.3 is 4.74 Å². The molecule has 0 heterocycles. The second kappa shape index (κ2) is 9.52. The SMILES string of the molecule is CCCCC(CC)CC(=O)C(COC)C1CCCC1. The third kappa shape index (κ3) is 5.64. The minimum Gasteiger partial charge on any atom is -0.384 e. The first-order valence-electron chi connectivity index (χ1n) is 8.24. The summed E-state index contributed by atoms with van der Waals surface area (Å²) in [4.78, 5) is 12.6. The van der Waals surface area contributed by atoms with Crippen LogP contribution in [0, 0.1) is 17.8 Å². The topological polar surface area (TPSA) is 26.3 Å². The molecule has 0 aromatic rings. The number of ether oxygens (including phenoxy) is 1. The first kappa shape index (κ1) is 16.7. The van der Waals surface area contributed by atoms with E-state index in [4.69, 9.17) is 4.74 Å². The molecule has 0 N–H and O–H groups in total. The van der Waals surface area contributed by atoms with Crippen LogP contribution < -0.4 is 0 Å². The Balaban J connectivity index is 2.49.